The molecular weight excluding hydrogens is 380 g/mol. The van der Waals surface area contributed by atoms with Crippen molar-refractivity contribution < 1.29 is 14.4 Å². The van der Waals surface area contributed by atoms with E-state index in [-0.39, 0.29) is 5.78 Å². The lowest BCUT2D eigenvalue weighted by molar-refractivity contribution is -0.900. The fourth-order valence-corrected chi connectivity index (χ4v) is 3.35. The van der Waals surface area contributed by atoms with Crippen LogP contribution in [-0.4, -0.2) is 45.1 Å². The monoisotopic (exact) mass is 403 g/mol. The van der Waals surface area contributed by atoms with E-state index in [0.717, 1.165) is 55.1 Å². The van der Waals surface area contributed by atoms with E-state index >= 15 is 0 Å². The molecule has 1 fully saturated rings. The Balaban J connectivity index is 1.42. The van der Waals surface area contributed by atoms with Crippen molar-refractivity contribution in [1.82, 2.24) is 0 Å². The standard InChI is InChI=1S/C20H23BrN2O2/c1-16(24)17-2-6-19(7-3-17)23-12-10-22(11-13-23)14-15-25-20-8-4-18(21)5-9-20/h2-9H,10-15H2,1H3/p+1. The zero-order valence-corrected chi connectivity index (χ0v) is 16.1. The minimum Gasteiger partial charge on any atom is -0.488 e. The van der Waals surface area contributed by atoms with Crippen LogP contribution in [0.15, 0.2) is 53.0 Å². The van der Waals surface area contributed by atoms with Crippen LogP contribution in [0.5, 0.6) is 5.75 Å². The lowest BCUT2D eigenvalue weighted by Gasteiger charge is -2.33. The number of hydrogen-bond acceptors (Lipinski definition) is 3. The third-order valence-electron chi connectivity index (χ3n) is 4.65. The van der Waals surface area contributed by atoms with Gasteiger partial charge in [-0.15, -0.1) is 0 Å². The lowest BCUT2D eigenvalue weighted by atomic mass is 10.1. The van der Waals surface area contributed by atoms with Crippen molar-refractivity contribution in [3.05, 3.63) is 58.6 Å². The van der Waals surface area contributed by atoms with E-state index in [0.29, 0.717) is 0 Å². The van der Waals surface area contributed by atoms with Crippen LogP contribution in [-0.2, 0) is 0 Å². The van der Waals surface area contributed by atoms with Crippen LogP contribution < -0.4 is 14.5 Å². The summed E-state index contributed by atoms with van der Waals surface area (Å²) >= 11 is 3.43. The average molecular weight is 404 g/mol. The molecule has 1 aliphatic heterocycles. The van der Waals surface area contributed by atoms with Gasteiger partial charge in [-0.05, 0) is 55.5 Å². The molecule has 0 aromatic heterocycles. The van der Waals surface area contributed by atoms with Crippen LogP contribution in [0.1, 0.15) is 17.3 Å². The normalized spacial score (nSPS) is 15.2. The number of halogens is 1. The van der Waals surface area contributed by atoms with Gasteiger partial charge in [0.2, 0.25) is 0 Å². The number of nitrogens with zero attached hydrogens (tertiary/aromatic N) is 1. The number of quaternary nitrogens is 1. The molecule has 0 bridgehead atoms. The van der Waals surface area contributed by atoms with E-state index in [2.05, 4.69) is 33.0 Å². The molecule has 1 saturated heterocycles. The number of piperazine rings is 1. The van der Waals surface area contributed by atoms with Gasteiger partial charge in [-0.3, -0.25) is 4.79 Å². The summed E-state index contributed by atoms with van der Waals surface area (Å²) in [6, 6.07) is 15.9. The Bertz CT molecular complexity index is 693. The molecule has 0 spiro atoms. The number of benzene rings is 2. The number of hydrogen-bond donors (Lipinski definition) is 1. The maximum atomic E-state index is 11.4. The number of anilines is 1. The zero-order chi connectivity index (χ0) is 17.6. The molecule has 1 aliphatic rings. The quantitative estimate of drug-likeness (QED) is 0.752. The minimum atomic E-state index is 0.117. The van der Waals surface area contributed by atoms with Crippen molar-refractivity contribution >= 4 is 27.4 Å². The molecule has 0 aliphatic carbocycles. The summed E-state index contributed by atoms with van der Waals surface area (Å²) in [5.41, 5.74) is 1.98. The second-order valence-electron chi connectivity index (χ2n) is 6.39. The molecule has 2 aromatic rings. The Hall–Kier alpha value is -1.85. The maximum absolute atomic E-state index is 11.4. The molecule has 25 heavy (non-hydrogen) atoms. The number of carbonyl (C=O) groups is 1. The van der Waals surface area contributed by atoms with Crippen molar-refractivity contribution in [2.24, 2.45) is 0 Å². The van der Waals surface area contributed by atoms with Gasteiger partial charge in [-0.1, -0.05) is 15.9 Å². The summed E-state index contributed by atoms with van der Waals surface area (Å²) in [6.07, 6.45) is 0. The molecule has 132 valence electrons. The van der Waals surface area contributed by atoms with Gasteiger partial charge >= 0.3 is 0 Å². The second kappa shape index (κ2) is 8.50. The average Bonchev–Trinajstić information content (AvgIpc) is 2.64. The van der Waals surface area contributed by atoms with Gasteiger partial charge in [0.1, 0.15) is 18.9 Å². The number of Topliss-reactive ketones (excluding diaryl/α,β-unsaturated/α-hetero) is 1. The molecule has 2 aromatic carbocycles. The highest BCUT2D eigenvalue weighted by Gasteiger charge is 2.20. The molecule has 0 unspecified atom stereocenters. The summed E-state index contributed by atoms with van der Waals surface area (Å²) < 4.78 is 6.89. The van der Waals surface area contributed by atoms with E-state index in [1.165, 1.54) is 5.69 Å². The summed E-state index contributed by atoms with van der Waals surface area (Å²) in [5.74, 6) is 1.04. The van der Waals surface area contributed by atoms with Crippen LogP contribution in [0.2, 0.25) is 0 Å². The van der Waals surface area contributed by atoms with E-state index in [1.54, 1.807) is 11.8 Å². The Morgan fingerprint density at radius 2 is 1.72 bits per heavy atom. The molecule has 3 rings (SSSR count). The molecule has 1 N–H and O–H groups in total. The van der Waals surface area contributed by atoms with Gasteiger partial charge in [0.05, 0.1) is 26.2 Å². The third kappa shape index (κ3) is 5.06. The molecule has 0 radical (unpaired) electrons. The van der Waals surface area contributed by atoms with Crippen molar-refractivity contribution in [3.8, 4) is 5.75 Å². The van der Waals surface area contributed by atoms with Gasteiger partial charge in [0.25, 0.3) is 0 Å². The summed E-state index contributed by atoms with van der Waals surface area (Å²) in [4.78, 5) is 15.3. The van der Waals surface area contributed by atoms with Crippen LogP contribution in [0.4, 0.5) is 5.69 Å². The molecule has 0 saturated carbocycles. The highest BCUT2D eigenvalue weighted by molar-refractivity contribution is 9.10. The summed E-state index contributed by atoms with van der Waals surface area (Å²) in [7, 11) is 0. The van der Waals surface area contributed by atoms with Gasteiger partial charge in [0.15, 0.2) is 5.78 Å². The Morgan fingerprint density at radius 3 is 2.32 bits per heavy atom. The lowest BCUT2D eigenvalue weighted by Crippen LogP contribution is -3.15. The van der Waals surface area contributed by atoms with E-state index in [9.17, 15) is 4.79 Å². The highest BCUT2D eigenvalue weighted by Crippen LogP contribution is 2.16. The van der Waals surface area contributed by atoms with Crippen LogP contribution in [0.25, 0.3) is 0 Å². The first-order valence-electron chi connectivity index (χ1n) is 8.70. The van der Waals surface area contributed by atoms with Crippen molar-refractivity contribution in [2.45, 2.75) is 6.92 Å². The van der Waals surface area contributed by atoms with Crippen LogP contribution >= 0.6 is 15.9 Å². The van der Waals surface area contributed by atoms with Gasteiger partial charge in [-0.2, -0.15) is 0 Å². The predicted molar refractivity (Wildman–Crippen MR) is 104 cm³/mol. The molecule has 1 heterocycles. The Kier molecular flexibility index (Phi) is 6.10. The smallest absolute Gasteiger partial charge is 0.159 e. The Morgan fingerprint density at radius 1 is 1.08 bits per heavy atom. The topological polar surface area (TPSA) is 34.0 Å². The fourth-order valence-electron chi connectivity index (χ4n) is 3.08. The van der Waals surface area contributed by atoms with Gasteiger partial charge < -0.3 is 14.5 Å². The first-order chi connectivity index (χ1) is 12.1. The zero-order valence-electron chi connectivity index (χ0n) is 14.5. The molecule has 5 heteroatoms. The van der Waals surface area contributed by atoms with Crippen molar-refractivity contribution in [3.63, 3.8) is 0 Å². The van der Waals surface area contributed by atoms with E-state index < -0.39 is 0 Å². The number of ether oxygens (including phenoxy) is 1. The first-order valence-corrected chi connectivity index (χ1v) is 9.49. The second-order valence-corrected chi connectivity index (χ2v) is 7.31. The number of ketones is 1. The molecule has 0 atom stereocenters. The van der Waals surface area contributed by atoms with Crippen molar-refractivity contribution in [1.29, 1.82) is 0 Å². The van der Waals surface area contributed by atoms with Gasteiger partial charge in [0, 0.05) is 15.7 Å². The highest BCUT2D eigenvalue weighted by atomic mass is 79.9. The van der Waals surface area contributed by atoms with Gasteiger partial charge in [-0.25, -0.2) is 0 Å². The number of rotatable bonds is 6. The minimum absolute atomic E-state index is 0.117. The largest absolute Gasteiger partial charge is 0.488 e. The predicted octanol–water partition coefficient (Wildman–Crippen LogP) is 2.44. The first kappa shape index (κ1) is 18.0. The fraction of sp³-hybridized carbons (Fsp3) is 0.350. The molecule has 4 nitrogen and oxygen atoms in total. The maximum Gasteiger partial charge on any atom is 0.159 e. The molecular formula is C20H24BrN2O2+. The number of nitrogens with one attached hydrogen (secondary N) is 1. The SMILES string of the molecule is CC(=O)c1ccc(N2CC[NH+](CCOc3ccc(Br)cc3)CC2)cc1. The van der Waals surface area contributed by atoms with E-state index in [1.807, 2.05) is 36.4 Å². The summed E-state index contributed by atoms with van der Waals surface area (Å²) in [6.45, 7) is 7.65. The van der Waals surface area contributed by atoms with Crippen LogP contribution in [0.3, 0.4) is 0 Å². The summed E-state index contributed by atoms with van der Waals surface area (Å²) in [5, 5.41) is 0. The molecule has 0 amide bonds. The van der Waals surface area contributed by atoms with Crippen LogP contribution in [0, 0.1) is 0 Å². The number of carbonyl (C=O) groups excluding carboxylic acids is 1. The van der Waals surface area contributed by atoms with E-state index in [4.69, 9.17) is 4.74 Å². The third-order valence-corrected chi connectivity index (χ3v) is 5.18. The Labute approximate surface area is 157 Å². The van der Waals surface area contributed by atoms with Crippen molar-refractivity contribution in [2.75, 3.05) is 44.2 Å².